The average molecular weight is 333 g/mol. The molecule has 1 aromatic rings. The minimum absolute atomic E-state index is 0.586. The zero-order valence-corrected chi connectivity index (χ0v) is 14.1. The van der Waals surface area contributed by atoms with E-state index in [0.717, 1.165) is 12.9 Å². The normalized spacial score (nSPS) is 10.4. The van der Waals surface area contributed by atoms with Gasteiger partial charge in [-0.05, 0) is 31.9 Å². The van der Waals surface area contributed by atoms with E-state index in [4.69, 9.17) is 9.84 Å². The van der Waals surface area contributed by atoms with E-state index in [2.05, 4.69) is 41.5 Å². The molecule has 0 heterocycles. The molecular formula is C14H23NO6S. The summed E-state index contributed by atoms with van der Waals surface area (Å²) in [5.41, 5.74) is 3.72. The molecule has 0 aromatic heterocycles. The van der Waals surface area contributed by atoms with Crippen molar-refractivity contribution in [3.63, 3.8) is 0 Å². The zero-order chi connectivity index (χ0) is 17.2. The Morgan fingerprint density at radius 3 is 2.18 bits per heavy atom. The van der Waals surface area contributed by atoms with Gasteiger partial charge in [0.1, 0.15) is 13.3 Å². The molecule has 0 amide bonds. The Hall–Kier alpha value is -1.64. The maximum atomic E-state index is 10.0. The molecule has 0 fully saturated rings. The molecule has 0 spiro atoms. The molecule has 0 unspecified atom stereocenters. The molecule has 0 bridgehead atoms. The van der Waals surface area contributed by atoms with Crippen molar-refractivity contribution < 1.29 is 27.2 Å². The molecule has 1 rings (SSSR count). The van der Waals surface area contributed by atoms with Crippen molar-refractivity contribution >= 4 is 21.8 Å². The largest absolute Gasteiger partial charge is 0.385 e. The minimum atomic E-state index is -3.74. The maximum absolute atomic E-state index is 10.0. The van der Waals surface area contributed by atoms with E-state index in [9.17, 15) is 13.2 Å². The Morgan fingerprint density at radius 2 is 1.82 bits per heavy atom. The SMILES string of the molecule is CCOCNc1c(C)cccc1C.CS(=O)(=O)OC(=O)CO. The number of hydrogen-bond acceptors (Lipinski definition) is 7. The van der Waals surface area contributed by atoms with Crippen LogP contribution in [0.25, 0.3) is 0 Å². The molecule has 0 atom stereocenters. The Bertz CT molecular complexity index is 550. The summed E-state index contributed by atoms with van der Waals surface area (Å²) in [4.78, 5) is 9.98. The van der Waals surface area contributed by atoms with Crippen LogP contribution >= 0.6 is 0 Å². The molecule has 0 saturated carbocycles. The first-order valence-electron chi connectivity index (χ1n) is 6.62. The third kappa shape index (κ3) is 9.32. The second-order valence-corrected chi connectivity index (χ2v) is 5.97. The van der Waals surface area contributed by atoms with Crippen molar-refractivity contribution in [3.05, 3.63) is 29.3 Å². The predicted octanol–water partition coefficient (Wildman–Crippen LogP) is 1.19. The lowest BCUT2D eigenvalue weighted by molar-refractivity contribution is -0.136. The summed E-state index contributed by atoms with van der Waals surface area (Å²) in [6, 6.07) is 6.26. The topological polar surface area (TPSA) is 102 Å². The summed E-state index contributed by atoms with van der Waals surface area (Å²) in [5.74, 6) is -1.17. The Kier molecular flexibility index (Phi) is 9.39. The highest BCUT2D eigenvalue weighted by Crippen LogP contribution is 2.18. The lowest BCUT2D eigenvalue weighted by Gasteiger charge is -2.11. The van der Waals surface area contributed by atoms with Crippen molar-refractivity contribution in [2.45, 2.75) is 20.8 Å². The number of para-hydroxylation sites is 1. The molecule has 0 aliphatic rings. The van der Waals surface area contributed by atoms with E-state index in [1.807, 2.05) is 6.92 Å². The number of carbonyl (C=O) groups excluding carboxylic acids is 1. The third-order valence-electron chi connectivity index (χ3n) is 2.41. The molecule has 8 heteroatoms. The number of anilines is 1. The van der Waals surface area contributed by atoms with Gasteiger partial charge in [0.25, 0.3) is 0 Å². The molecule has 126 valence electrons. The molecule has 0 saturated heterocycles. The van der Waals surface area contributed by atoms with E-state index in [0.29, 0.717) is 6.73 Å². The molecule has 0 radical (unpaired) electrons. The van der Waals surface area contributed by atoms with Crippen molar-refractivity contribution in [1.29, 1.82) is 0 Å². The number of aliphatic hydroxyl groups is 1. The van der Waals surface area contributed by atoms with Crippen molar-refractivity contribution in [1.82, 2.24) is 0 Å². The van der Waals surface area contributed by atoms with Crippen LogP contribution in [0.1, 0.15) is 18.1 Å². The van der Waals surface area contributed by atoms with Gasteiger partial charge in [-0.15, -0.1) is 0 Å². The summed E-state index contributed by atoms with van der Waals surface area (Å²) in [7, 11) is -3.74. The lowest BCUT2D eigenvalue weighted by atomic mass is 10.1. The third-order valence-corrected chi connectivity index (χ3v) is 2.90. The number of ether oxygens (including phenoxy) is 1. The van der Waals surface area contributed by atoms with Gasteiger partial charge in [-0.1, -0.05) is 18.2 Å². The monoisotopic (exact) mass is 333 g/mol. The predicted molar refractivity (Wildman–Crippen MR) is 84.1 cm³/mol. The number of rotatable bonds is 6. The van der Waals surface area contributed by atoms with Crippen LogP contribution in [-0.4, -0.2) is 45.7 Å². The summed E-state index contributed by atoms with van der Waals surface area (Å²) in [5, 5.41) is 11.2. The standard InChI is InChI=1S/C11H17NO.C3H6O5S/c1-4-13-8-12-11-9(2)6-5-7-10(11)3;1-9(6,7)8-3(5)2-4/h5-7,12H,4,8H2,1-3H3;4H,2H2,1H3. The van der Waals surface area contributed by atoms with Crippen molar-refractivity contribution in [3.8, 4) is 0 Å². The summed E-state index contributed by atoms with van der Waals surface area (Å²) in [6.07, 6.45) is 0.723. The van der Waals surface area contributed by atoms with E-state index < -0.39 is 22.7 Å². The molecule has 2 N–H and O–H groups in total. The molecule has 22 heavy (non-hydrogen) atoms. The fraction of sp³-hybridized carbons (Fsp3) is 0.500. The molecular weight excluding hydrogens is 310 g/mol. The van der Waals surface area contributed by atoms with E-state index in [1.54, 1.807) is 0 Å². The van der Waals surface area contributed by atoms with Gasteiger partial charge >= 0.3 is 16.1 Å². The fourth-order valence-electron chi connectivity index (χ4n) is 1.51. The molecule has 0 aliphatic heterocycles. The van der Waals surface area contributed by atoms with Crippen LogP contribution in [0, 0.1) is 13.8 Å². The van der Waals surface area contributed by atoms with Crippen LogP contribution in [0.4, 0.5) is 5.69 Å². The fourth-order valence-corrected chi connectivity index (χ4v) is 1.90. The Balaban J connectivity index is 0.000000433. The summed E-state index contributed by atoms with van der Waals surface area (Å²) >= 11 is 0. The molecule has 0 aliphatic carbocycles. The van der Waals surface area contributed by atoms with Gasteiger partial charge in [0, 0.05) is 12.3 Å². The average Bonchev–Trinajstić information content (AvgIpc) is 2.41. The number of hydrogen-bond donors (Lipinski definition) is 2. The molecule has 7 nitrogen and oxygen atoms in total. The van der Waals surface area contributed by atoms with Gasteiger partial charge in [0.05, 0.1) is 6.26 Å². The highest BCUT2D eigenvalue weighted by Gasteiger charge is 2.07. The van der Waals surface area contributed by atoms with Crippen LogP contribution < -0.4 is 5.32 Å². The van der Waals surface area contributed by atoms with Gasteiger partial charge < -0.3 is 19.3 Å². The van der Waals surface area contributed by atoms with Crippen LogP contribution in [0.3, 0.4) is 0 Å². The van der Waals surface area contributed by atoms with Gasteiger partial charge in [-0.25, -0.2) is 4.79 Å². The summed E-state index contributed by atoms with van der Waals surface area (Å²) in [6.45, 7) is 6.60. The highest BCUT2D eigenvalue weighted by atomic mass is 32.2. The van der Waals surface area contributed by atoms with Crippen LogP contribution in [0.5, 0.6) is 0 Å². The highest BCUT2D eigenvalue weighted by molar-refractivity contribution is 7.86. The zero-order valence-electron chi connectivity index (χ0n) is 13.3. The number of aliphatic hydroxyl groups excluding tert-OH is 1. The number of benzene rings is 1. The summed E-state index contributed by atoms with van der Waals surface area (Å²) < 4.78 is 29.0. The van der Waals surface area contributed by atoms with Crippen molar-refractivity contribution in [2.24, 2.45) is 0 Å². The molecule has 1 aromatic carbocycles. The lowest BCUT2D eigenvalue weighted by Crippen LogP contribution is -2.14. The van der Waals surface area contributed by atoms with Gasteiger partial charge in [-0.3, -0.25) is 0 Å². The quantitative estimate of drug-likeness (QED) is 0.458. The van der Waals surface area contributed by atoms with Crippen molar-refractivity contribution in [2.75, 3.05) is 31.5 Å². The van der Waals surface area contributed by atoms with Crippen LogP contribution in [0.15, 0.2) is 18.2 Å². The number of nitrogens with one attached hydrogen (secondary N) is 1. The van der Waals surface area contributed by atoms with E-state index >= 15 is 0 Å². The van der Waals surface area contributed by atoms with Crippen LogP contribution in [0.2, 0.25) is 0 Å². The van der Waals surface area contributed by atoms with E-state index in [1.165, 1.54) is 16.8 Å². The smallest absolute Gasteiger partial charge is 0.347 e. The van der Waals surface area contributed by atoms with Crippen LogP contribution in [-0.2, 0) is 23.8 Å². The Labute approximate surface area is 131 Å². The first-order valence-corrected chi connectivity index (χ1v) is 8.43. The second-order valence-electron chi connectivity index (χ2n) is 4.40. The number of aryl methyl sites for hydroxylation is 2. The maximum Gasteiger partial charge on any atom is 0.347 e. The number of carbonyl (C=O) groups is 1. The second kappa shape index (κ2) is 10.1. The van der Waals surface area contributed by atoms with Gasteiger partial charge in [0.2, 0.25) is 0 Å². The van der Waals surface area contributed by atoms with Gasteiger partial charge in [0.15, 0.2) is 0 Å². The minimum Gasteiger partial charge on any atom is -0.385 e. The first-order chi connectivity index (χ1) is 10.2. The Morgan fingerprint density at radius 1 is 1.27 bits per heavy atom. The first kappa shape index (κ1) is 20.4. The van der Waals surface area contributed by atoms with Gasteiger partial charge in [-0.2, -0.15) is 8.42 Å². The van der Waals surface area contributed by atoms with E-state index in [-0.39, 0.29) is 0 Å².